The average molecular weight is 278 g/mol. The van der Waals surface area contributed by atoms with E-state index < -0.39 is 0 Å². The van der Waals surface area contributed by atoms with Crippen LogP contribution in [0.2, 0.25) is 5.15 Å². The smallest absolute Gasteiger partial charge is 0.110 e. The van der Waals surface area contributed by atoms with Gasteiger partial charge in [0.05, 0.1) is 0 Å². The molecule has 1 aromatic heterocycles. The largest absolute Gasteiger partial charge is 0.345 e. The zero-order valence-electron chi connectivity index (χ0n) is 11.1. The Bertz CT molecular complexity index is 543. The van der Waals surface area contributed by atoms with Crippen molar-refractivity contribution >= 4 is 22.5 Å². The van der Waals surface area contributed by atoms with Gasteiger partial charge < -0.3 is 15.2 Å². The number of para-hydroxylation sites is 1. The van der Waals surface area contributed by atoms with Crippen molar-refractivity contribution in [2.75, 3.05) is 32.7 Å². The fourth-order valence-corrected chi connectivity index (χ4v) is 3.12. The van der Waals surface area contributed by atoms with E-state index in [4.69, 9.17) is 11.6 Å². The maximum Gasteiger partial charge on any atom is 0.110 e. The molecule has 1 aliphatic heterocycles. The summed E-state index contributed by atoms with van der Waals surface area (Å²) in [7, 11) is 0. The van der Waals surface area contributed by atoms with Gasteiger partial charge in [-0.3, -0.25) is 0 Å². The van der Waals surface area contributed by atoms with Crippen molar-refractivity contribution in [3.8, 4) is 0 Å². The molecule has 1 aromatic carbocycles. The van der Waals surface area contributed by atoms with Gasteiger partial charge in [-0.2, -0.15) is 0 Å². The highest BCUT2D eigenvalue weighted by molar-refractivity contribution is 6.31. The van der Waals surface area contributed by atoms with Gasteiger partial charge in [-0.05, 0) is 31.0 Å². The topological polar surface area (TPSA) is 31.1 Å². The molecule has 0 spiro atoms. The Morgan fingerprint density at radius 3 is 2.79 bits per heavy atom. The lowest BCUT2D eigenvalue weighted by Gasteiger charge is -2.27. The molecule has 1 fully saturated rings. The van der Waals surface area contributed by atoms with Crippen molar-refractivity contribution in [3.05, 3.63) is 35.0 Å². The number of nitrogens with one attached hydrogen (secondary N) is 2. The molecule has 19 heavy (non-hydrogen) atoms. The standard InChI is InChI=1S/C15H20ClN3/c16-15-13(12-4-1-2-6-14(12)18-15)5-3-9-19-10-7-17-8-11-19/h1-2,4,6,17-18H,3,5,7-11H2. The first-order valence-electron chi connectivity index (χ1n) is 7.03. The number of H-pyrrole nitrogens is 1. The zero-order valence-corrected chi connectivity index (χ0v) is 11.8. The lowest BCUT2D eigenvalue weighted by molar-refractivity contribution is 0.238. The highest BCUT2D eigenvalue weighted by Crippen LogP contribution is 2.27. The van der Waals surface area contributed by atoms with E-state index in [0.717, 1.165) is 36.7 Å². The molecule has 2 aromatic rings. The maximum atomic E-state index is 6.31. The monoisotopic (exact) mass is 277 g/mol. The summed E-state index contributed by atoms with van der Waals surface area (Å²) in [6, 6.07) is 8.35. The molecular weight excluding hydrogens is 258 g/mol. The third-order valence-electron chi connectivity index (χ3n) is 3.87. The van der Waals surface area contributed by atoms with Crippen LogP contribution >= 0.6 is 11.6 Å². The summed E-state index contributed by atoms with van der Waals surface area (Å²) in [6.07, 6.45) is 2.22. The SMILES string of the molecule is Clc1[nH]c2ccccc2c1CCCN1CCNCC1. The fourth-order valence-electron chi connectivity index (χ4n) is 2.83. The Kier molecular flexibility index (Phi) is 4.06. The molecule has 0 unspecified atom stereocenters. The number of nitrogens with zero attached hydrogens (tertiary/aromatic N) is 1. The van der Waals surface area contributed by atoms with Gasteiger partial charge in [0.1, 0.15) is 5.15 Å². The summed E-state index contributed by atoms with van der Waals surface area (Å²) in [5, 5.41) is 5.46. The van der Waals surface area contributed by atoms with Gasteiger partial charge >= 0.3 is 0 Å². The summed E-state index contributed by atoms with van der Waals surface area (Å²) in [5.74, 6) is 0. The Balaban J connectivity index is 1.63. The van der Waals surface area contributed by atoms with E-state index in [1.54, 1.807) is 0 Å². The summed E-state index contributed by atoms with van der Waals surface area (Å²) >= 11 is 6.31. The lowest BCUT2D eigenvalue weighted by Crippen LogP contribution is -2.43. The minimum absolute atomic E-state index is 0.807. The Morgan fingerprint density at radius 2 is 1.95 bits per heavy atom. The number of hydrogen-bond donors (Lipinski definition) is 2. The molecule has 3 rings (SSSR count). The quantitative estimate of drug-likeness (QED) is 0.900. The van der Waals surface area contributed by atoms with Gasteiger partial charge in [0.25, 0.3) is 0 Å². The molecule has 0 amide bonds. The van der Waals surface area contributed by atoms with Gasteiger partial charge in [0.2, 0.25) is 0 Å². The van der Waals surface area contributed by atoms with Crippen molar-refractivity contribution in [2.45, 2.75) is 12.8 Å². The third kappa shape index (κ3) is 2.94. The van der Waals surface area contributed by atoms with Crippen LogP contribution in [0.25, 0.3) is 10.9 Å². The number of rotatable bonds is 4. The first-order chi connectivity index (χ1) is 9.34. The van der Waals surface area contributed by atoms with Crippen molar-refractivity contribution in [3.63, 3.8) is 0 Å². The second-order valence-electron chi connectivity index (χ2n) is 5.16. The third-order valence-corrected chi connectivity index (χ3v) is 4.19. The van der Waals surface area contributed by atoms with E-state index in [2.05, 4.69) is 33.4 Å². The van der Waals surface area contributed by atoms with Crippen molar-refractivity contribution < 1.29 is 0 Å². The molecule has 2 N–H and O–H groups in total. The number of piperazine rings is 1. The number of fused-ring (bicyclic) bond motifs is 1. The van der Waals surface area contributed by atoms with Gasteiger partial charge in [0, 0.05) is 37.1 Å². The number of aromatic amines is 1. The van der Waals surface area contributed by atoms with Crippen molar-refractivity contribution in [1.82, 2.24) is 15.2 Å². The molecule has 4 heteroatoms. The van der Waals surface area contributed by atoms with Crippen LogP contribution in [0.1, 0.15) is 12.0 Å². The zero-order chi connectivity index (χ0) is 13.1. The lowest BCUT2D eigenvalue weighted by atomic mass is 10.1. The van der Waals surface area contributed by atoms with Gasteiger partial charge in [0.15, 0.2) is 0 Å². The van der Waals surface area contributed by atoms with Crippen LogP contribution in [0.4, 0.5) is 0 Å². The Morgan fingerprint density at radius 1 is 1.16 bits per heavy atom. The predicted molar refractivity (Wildman–Crippen MR) is 80.9 cm³/mol. The molecule has 0 aliphatic carbocycles. The van der Waals surface area contributed by atoms with Crippen molar-refractivity contribution in [2.24, 2.45) is 0 Å². The number of aromatic nitrogens is 1. The summed E-state index contributed by atoms with van der Waals surface area (Å²) in [4.78, 5) is 5.78. The minimum Gasteiger partial charge on any atom is -0.345 e. The molecule has 0 atom stereocenters. The maximum absolute atomic E-state index is 6.31. The van der Waals surface area contributed by atoms with Gasteiger partial charge in [-0.15, -0.1) is 0 Å². The van der Waals surface area contributed by atoms with Crippen molar-refractivity contribution in [1.29, 1.82) is 0 Å². The average Bonchev–Trinajstić information content (AvgIpc) is 2.76. The summed E-state index contributed by atoms with van der Waals surface area (Å²) < 4.78 is 0. The van der Waals surface area contributed by atoms with E-state index in [1.807, 2.05) is 6.07 Å². The van der Waals surface area contributed by atoms with E-state index in [0.29, 0.717) is 0 Å². The first kappa shape index (κ1) is 13.0. The first-order valence-corrected chi connectivity index (χ1v) is 7.40. The molecule has 0 radical (unpaired) electrons. The van der Waals surface area contributed by atoms with Crippen LogP contribution in [0.5, 0.6) is 0 Å². The van der Waals surface area contributed by atoms with Crippen LogP contribution in [0.3, 0.4) is 0 Å². The highest BCUT2D eigenvalue weighted by atomic mass is 35.5. The number of hydrogen-bond acceptors (Lipinski definition) is 2. The van der Waals surface area contributed by atoms with Crippen LogP contribution < -0.4 is 5.32 Å². The van der Waals surface area contributed by atoms with Crippen LogP contribution in [-0.4, -0.2) is 42.6 Å². The molecule has 1 saturated heterocycles. The number of halogens is 1. The second-order valence-corrected chi connectivity index (χ2v) is 5.54. The summed E-state index contributed by atoms with van der Waals surface area (Å²) in [6.45, 7) is 5.74. The van der Waals surface area contributed by atoms with Crippen LogP contribution in [-0.2, 0) is 6.42 Å². The second kappa shape index (κ2) is 5.95. The van der Waals surface area contributed by atoms with E-state index >= 15 is 0 Å². The number of benzene rings is 1. The fraction of sp³-hybridized carbons (Fsp3) is 0.467. The normalized spacial score (nSPS) is 17.1. The van der Waals surface area contributed by atoms with E-state index in [-0.39, 0.29) is 0 Å². The minimum atomic E-state index is 0.807. The summed E-state index contributed by atoms with van der Waals surface area (Å²) in [5.41, 5.74) is 2.41. The van der Waals surface area contributed by atoms with E-state index in [1.165, 1.54) is 30.5 Å². The Hall–Kier alpha value is -1.03. The Labute approximate surface area is 118 Å². The molecule has 0 bridgehead atoms. The van der Waals surface area contributed by atoms with Gasteiger partial charge in [-0.1, -0.05) is 29.8 Å². The molecule has 2 heterocycles. The molecule has 102 valence electrons. The molecule has 3 nitrogen and oxygen atoms in total. The predicted octanol–water partition coefficient (Wildman–Crippen LogP) is 2.66. The van der Waals surface area contributed by atoms with E-state index in [9.17, 15) is 0 Å². The van der Waals surface area contributed by atoms with Gasteiger partial charge in [-0.25, -0.2) is 0 Å². The van der Waals surface area contributed by atoms with Crippen LogP contribution in [0, 0.1) is 0 Å². The molecular formula is C15H20ClN3. The number of aryl methyl sites for hydroxylation is 1. The van der Waals surface area contributed by atoms with Crippen LogP contribution in [0.15, 0.2) is 24.3 Å². The molecule has 0 saturated carbocycles. The highest BCUT2D eigenvalue weighted by Gasteiger charge is 2.12. The molecule has 1 aliphatic rings.